The molecule has 2 aliphatic rings. The first-order chi connectivity index (χ1) is 19.0. The molecule has 1 saturated heterocycles. The number of nitrogens with one attached hydrogen (secondary N) is 1. The summed E-state index contributed by atoms with van der Waals surface area (Å²) >= 11 is 9.53. The third-order valence-electron chi connectivity index (χ3n) is 7.76. The Balaban J connectivity index is 1.29. The molecule has 6 rings (SSSR count). The molecule has 3 atom stereocenters. The molecule has 2 amide bonds. The quantitative estimate of drug-likeness (QED) is 0.241. The van der Waals surface area contributed by atoms with Crippen LogP contribution >= 0.6 is 27.5 Å². The number of hydrogen-bond donors (Lipinski definition) is 1. The van der Waals surface area contributed by atoms with Gasteiger partial charge in [0.25, 0.3) is 0 Å². The summed E-state index contributed by atoms with van der Waals surface area (Å²) in [5.74, 6) is 0.111. The fourth-order valence-corrected chi connectivity index (χ4v) is 6.02. The van der Waals surface area contributed by atoms with E-state index in [0.717, 1.165) is 17.5 Å². The van der Waals surface area contributed by atoms with Gasteiger partial charge in [-0.05, 0) is 70.9 Å². The summed E-state index contributed by atoms with van der Waals surface area (Å²) in [4.78, 5) is 54.1. The molecule has 40 heavy (non-hydrogen) atoms. The van der Waals surface area contributed by atoms with Crippen LogP contribution in [-0.2, 0) is 16.1 Å². The van der Waals surface area contributed by atoms with Crippen molar-refractivity contribution in [3.8, 4) is 11.1 Å². The minimum atomic E-state index is -0.671. The average Bonchev–Trinajstić information content (AvgIpc) is 3.28. The summed E-state index contributed by atoms with van der Waals surface area (Å²) in [5.41, 5.74) is 2.46. The van der Waals surface area contributed by atoms with E-state index in [1.165, 1.54) is 6.92 Å². The number of aryl methyl sites for hydroxylation is 1. The molecule has 0 unspecified atom stereocenters. The van der Waals surface area contributed by atoms with E-state index in [1.54, 1.807) is 34.1 Å². The van der Waals surface area contributed by atoms with Crippen molar-refractivity contribution in [2.75, 3.05) is 5.32 Å². The normalized spacial score (nSPS) is 21.4. The predicted molar refractivity (Wildman–Crippen MR) is 153 cm³/mol. The summed E-state index contributed by atoms with van der Waals surface area (Å²) in [6.07, 6.45) is 4.83. The van der Waals surface area contributed by atoms with Crippen molar-refractivity contribution in [1.82, 2.24) is 29.6 Å². The van der Waals surface area contributed by atoms with Gasteiger partial charge in [0, 0.05) is 36.3 Å². The molecule has 204 valence electrons. The van der Waals surface area contributed by atoms with E-state index in [0.29, 0.717) is 32.8 Å². The van der Waals surface area contributed by atoms with E-state index in [-0.39, 0.29) is 47.1 Å². The van der Waals surface area contributed by atoms with Gasteiger partial charge in [-0.2, -0.15) is 5.10 Å². The fraction of sp³-hybridized carbons (Fsp3) is 0.321. The van der Waals surface area contributed by atoms with Crippen LogP contribution in [0.1, 0.15) is 43.0 Å². The number of pyridine rings is 1. The molecule has 3 aromatic heterocycles. The number of rotatable bonds is 6. The number of benzene rings is 1. The molecule has 1 N–H and O–H groups in total. The van der Waals surface area contributed by atoms with Crippen molar-refractivity contribution in [2.24, 2.45) is 5.41 Å². The number of piperidine rings is 1. The van der Waals surface area contributed by atoms with Crippen LogP contribution in [0.3, 0.4) is 0 Å². The van der Waals surface area contributed by atoms with Crippen molar-refractivity contribution in [1.29, 1.82) is 0 Å². The van der Waals surface area contributed by atoms with E-state index in [2.05, 4.69) is 48.2 Å². The lowest BCUT2D eigenvalue weighted by molar-refractivity contribution is -0.138. The highest BCUT2D eigenvalue weighted by molar-refractivity contribution is 9.10. The Morgan fingerprint density at radius 1 is 1.12 bits per heavy atom. The Bertz CT molecular complexity index is 1710. The summed E-state index contributed by atoms with van der Waals surface area (Å²) in [6, 6.07) is 8.21. The van der Waals surface area contributed by atoms with E-state index >= 15 is 0 Å². The summed E-state index contributed by atoms with van der Waals surface area (Å²) < 4.78 is 2.08. The van der Waals surface area contributed by atoms with E-state index in [1.807, 2.05) is 25.1 Å². The first-order valence-electron chi connectivity index (χ1n) is 12.8. The molecule has 1 aliphatic heterocycles. The number of halogens is 2. The Kier molecular flexibility index (Phi) is 6.46. The minimum Gasteiger partial charge on any atom is -0.325 e. The van der Waals surface area contributed by atoms with Gasteiger partial charge in [0.05, 0.1) is 10.5 Å². The number of amides is 2. The highest BCUT2D eigenvalue weighted by Gasteiger charge is 2.64. The highest BCUT2D eigenvalue weighted by Crippen LogP contribution is 2.59. The first-order valence-corrected chi connectivity index (χ1v) is 14.0. The number of aromatic nitrogens is 5. The van der Waals surface area contributed by atoms with Gasteiger partial charge in [-0.15, -0.1) is 0 Å². The zero-order valence-corrected chi connectivity index (χ0v) is 24.3. The molecule has 1 aromatic carbocycles. The minimum absolute atomic E-state index is 0.0380. The van der Waals surface area contributed by atoms with Gasteiger partial charge in [0.15, 0.2) is 11.6 Å². The van der Waals surface area contributed by atoms with E-state index < -0.39 is 6.04 Å². The predicted octanol–water partition coefficient (Wildman–Crippen LogP) is 4.83. The van der Waals surface area contributed by atoms with E-state index in [4.69, 9.17) is 11.6 Å². The summed E-state index contributed by atoms with van der Waals surface area (Å²) in [7, 11) is 0. The van der Waals surface area contributed by atoms with Gasteiger partial charge >= 0.3 is 0 Å². The van der Waals surface area contributed by atoms with Crippen molar-refractivity contribution >= 4 is 61.8 Å². The zero-order chi connectivity index (χ0) is 28.3. The van der Waals surface area contributed by atoms with Gasteiger partial charge in [-0.25, -0.2) is 15.0 Å². The maximum absolute atomic E-state index is 13.8. The summed E-state index contributed by atoms with van der Waals surface area (Å²) in [6.45, 7) is 5.24. The molecule has 4 heterocycles. The van der Waals surface area contributed by atoms with Crippen LogP contribution in [0.4, 0.5) is 5.82 Å². The van der Waals surface area contributed by atoms with Gasteiger partial charge in [-0.3, -0.25) is 19.1 Å². The smallest absolute Gasteiger partial charge is 0.248 e. The number of fused-ring (bicyclic) bond motifs is 2. The monoisotopic (exact) mass is 621 g/mol. The van der Waals surface area contributed by atoms with Crippen molar-refractivity contribution < 1.29 is 14.4 Å². The number of Topliss-reactive ketones (excluding diaryl/α,β-unsaturated/α-hetero) is 1. The number of carbonyl (C=O) groups is 3. The van der Waals surface area contributed by atoms with Gasteiger partial charge in [-0.1, -0.05) is 24.6 Å². The van der Waals surface area contributed by atoms with Crippen LogP contribution in [0.15, 0.2) is 47.3 Å². The Morgan fingerprint density at radius 3 is 2.60 bits per heavy atom. The second-order valence-corrected chi connectivity index (χ2v) is 11.9. The number of nitrogens with zero attached hydrogens (tertiary/aromatic N) is 6. The molecule has 0 bridgehead atoms. The standard InChI is InChI=1S/C28H25BrClN7O3/c1-14(38)25-18-8-16(17-11-31-15(2)32-12-17)4-6-20(18)36(35-25)13-24(39)37-21(9-28(3)10-22(28)37)27(40)34-26-19(30)5-7-23(29)33-26/h4-8,11-12,21-22H,9-10,13H2,1-3H3,(H,33,34,40)/t21-,22+,28-/m0/s1. The molecule has 2 fully saturated rings. The SMILES string of the molecule is CC(=O)c1nn(CC(=O)N2[C@H](C(=O)Nc3nc(Br)ccc3Cl)C[C@@]3(C)C[C@@H]23)c2ccc(-c3cnc(C)nc3)cc12. The van der Waals surface area contributed by atoms with Crippen LogP contribution in [-0.4, -0.2) is 59.3 Å². The van der Waals surface area contributed by atoms with Gasteiger partial charge in [0.1, 0.15) is 28.7 Å². The molecule has 4 aromatic rings. The second-order valence-electron chi connectivity index (χ2n) is 10.7. The molecular weight excluding hydrogens is 598 g/mol. The van der Waals surface area contributed by atoms with Crippen LogP contribution in [0, 0.1) is 12.3 Å². The van der Waals surface area contributed by atoms with Crippen LogP contribution < -0.4 is 5.32 Å². The maximum Gasteiger partial charge on any atom is 0.248 e. The molecular formula is C28H25BrClN7O3. The molecule has 12 heteroatoms. The van der Waals surface area contributed by atoms with E-state index in [9.17, 15) is 14.4 Å². The van der Waals surface area contributed by atoms with Crippen molar-refractivity contribution in [3.63, 3.8) is 0 Å². The largest absolute Gasteiger partial charge is 0.325 e. The van der Waals surface area contributed by atoms with Gasteiger partial charge in [0.2, 0.25) is 11.8 Å². The second kappa shape index (κ2) is 9.74. The maximum atomic E-state index is 13.8. The Morgan fingerprint density at radius 2 is 1.88 bits per heavy atom. The van der Waals surface area contributed by atoms with Crippen LogP contribution in [0.2, 0.25) is 5.02 Å². The molecule has 10 nitrogen and oxygen atoms in total. The third-order valence-corrected chi connectivity index (χ3v) is 8.51. The lowest BCUT2D eigenvalue weighted by Gasteiger charge is -2.27. The van der Waals surface area contributed by atoms with Crippen LogP contribution in [0.25, 0.3) is 22.0 Å². The van der Waals surface area contributed by atoms with Gasteiger partial charge < -0.3 is 10.2 Å². The average molecular weight is 623 g/mol. The summed E-state index contributed by atoms with van der Waals surface area (Å²) in [5, 5.41) is 8.26. The lowest BCUT2D eigenvalue weighted by Crippen LogP contribution is -2.46. The van der Waals surface area contributed by atoms with Crippen molar-refractivity contribution in [3.05, 3.63) is 63.9 Å². The number of ketones is 1. The molecule has 1 aliphatic carbocycles. The molecule has 0 spiro atoms. The first kappa shape index (κ1) is 26.5. The Labute approximate surface area is 243 Å². The number of anilines is 1. The Hall–Kier alpha value is -3.70. The number of likely N-dealkylation sites (tertiary alicyclic amines) is 1. The fourth-order valence-electron chi connectivity index (χ4n) is 5.56. The van der Waals surface area contributed by atoms with Crippen molar-refractivity contribution in [2.45, 2.75) is 52.2 Å². The van der Waals surface area contributed by atoms with Crippen LogP contribution in [0.5, 0.6) is 0 Å². The topological polar surface area (TPSA) is 123 Å². The number of hydrogen-bond acceptors (Lipinski definition) is 7. The third kappa shape index (κ3) is 4.66. The lowest BCUT2D eigenvalue weighted by atomic mass is 10.0. The molecule has 1 saturated carbocycles. The number of carbonyl (C=O) groups excluding carboxylic acids is 3. The highest BCUT2D eigenvalue weighted by atomic mass is 79.9. The zero-order valence-electron chi connectivity index (χ0n) is 22.0. The molecule has 0 radical (unpaired) electrons.